The molecular formula is C17H19NO4S. The Morgan fingerprint density at radius 2 is 1.65 bits per heavy atom. The van der Waals surface area contributed by atoms with Gasteiger partial charge < -0.3 is 4.74 Å². The van der Waals surface area contributed by atoms with Crippen LogP contribution in [0.15, 0.2) is 59.5 Å². The van der Waals surface area contributed by atoms with Crippen LogP contribution < -0.4 is 0 Å². The Morgan fingerprint density at radius 3 is 2.26 bits per heavy atom. The van der Waals surface area contributed by atoms with E-state index in [-0.39, 0.29) is 18.0 Å². The Bertz CT molecular complexity index is 755. The van der Waals surface area contributed by atoms with E-state index in [1.165, 1.54) is 19.2 Å². The van der Waals surface area contributed by atoms with Crippen molar-refractivity contribution in [1.29, 1.82) is 0 Å². The number of ether oxygens (including phenoxy) is 1. The van der Waals surface area contributed by atoms with E-state index in [0.717, 1.165) is 15.4 Å². The summed E-state index contributed by atoms with van der Waals surface area (Å²) in [4.78, 5) is 12.0. The summed E-state index contributed by atoms with van der Waals surface area (Å²) >= 11 is 0. The van der Waals surface area contributed by atoms with Crippen molar-refractivity contribution in [2.24, 2.45) is 0 Å². The van der Waals surface area contributed by atoms with E-state index < -0.39 is 16.0 Å². The van der Waals surface area contributed by atoms with Crippen molar-refractivity contribution in [3.8, 4) is 0 Å². The second-order valence-corrected chi connectivity index (χ2v) is 7.27. The van der Waals surface area contributed by atoms with E-state index >= 15 is 0 Å². The molecule has 0 atom stereocenters. The normalized spacial score (nSPS) is 11.4. The van der Waals surface area contributed by atoms with Gasteiger partial charge in [-0.25, -0.2) is 8.42 Å². The number of rotatable bonds is 6. The van der Waals surface area contributed by atoms with Gasteiger partial charge >= 0.3 is 5.97 Å². The first-order valence-corrected chi connectivity index (χ1v) is 8.56. The average molecular weight is 333 g/mol. The van der Waals surface area contributed by atoms with Crippen LogP contribution in [0.25, 0.3) is 0 Å². The molecule has 0 fully saturated rings. The maximum absolute atomic E-state index is 12.4. The third kappa shape index (κ3) is 4.64. The number of esters is 1. The maximum atomic E-state index is 12.4. The largest absolute Gasteiger partial charge is 0.460 e. The highest BCUT2D eigenvalue weighted by molar-refractivity contribution is 7.89. The summed E-state index contributed by atoms with van der Waals surface area (Å²) in [6.45, 7) is 1.67. The molecule has 0 aliphatic rings. The highest BCUT2D eigenvalue weighted by atomic mass is 32.2. The molecule has 23 heavy (non-hydrogen) atoms. The fourth-order valence-electron chi connectivity index (χ4n) is 1.94. The number of aryl methyl sites for hydroxylation is 1. The number of carbonyl (C=O) groups is 1. The van der Waals surface area contributed by atoms with Gasteiger partial charge in [0.05, 0.1) is 4.90 Å². The summed E-state index contributed by atoms with van der Waals surface area (Å²) in [6, 6.07) is 15.7. The molecule has 122 valence electrons. The van der Waals surface area contributed by atoms with Crippen LogP contribution in [0, 0.1) is 6.92 Å². The number of nitrogens with zero attached hydrogens (tertiary/aromatic N) is 1. The topological polar surface area (TPSA) is 63.7 Å². The van der Waals surface area contributed by atoms with E-state index in [2.05, 4.69) is 0 Å². The zero-order chi connectivity index (χ0) is 16.9. The minimum atomic E-state index is -3.70. The van der Waals surface area contributed by atoms with Gasteiger partial charge in [0.15, 0.2) is 0 Å². The molecule has 0 saturated carbocycles. The number of hydrogen-bond acceptors (Lipinski definition) is 4. The molecule has 2 rings (SSSR count). The van der Waals surface area contributed by atoms with Crippen molar-refractivity contribution in [1.82, 2.24) is 4.31 Å². The van der Waals surface area contributed by atoms with E-state index in [0.29, 0.717) is 0 Å². The van der Waals surface area contributed by atoms with E-state index in [4.69, 9.17) is 4.74 Å². The number of likely N-dealkylation sites (N-methyl/N-ethyl adjacent to an activating group) is 1. The summed E-state index contributed by atoms with van der Waals surface area (Å²) in [5.41, 5.74) is 1.82. The molecule has 0 radical (unpaired) electrons. The molecule has 0 saturated heterocycles. The molecule has 0 aliphatic carbocycles. The molecule has 5 nitrogen and oxygen atoms in total. The minimum Gasteiger partial charge on any atom is -0.460 e. The summed E-state index contributed by atoms with van der Waals surface area (Å²) in [5.74, 6) is -0.591. The van der Waals surface area contributed by atoms with Gasteiger partial charge in [0.2, 0.25) is 10.0 Å². The Balaban J connectivity index is 1.96. The number of benzene rings is 2. The fraction of sp³-hybridized carbons (Fsp3) is 0.235. The molecule has 0 spiro atoms. The summed E-state index contributed by atoms with van der Waals surface area (Å²) in [7, 11) is -2.34. The van der Waals surface area contributed by atoms with Crippen LogP contribution in [0.1, 0.15) is 11.1 Å². The zero-order valence-electron chi connectivity index (χ0n) is 13.1. The van der Waals surface area contributed by atoms with Gasteiger partial charge in [-0.2, -0.15) is 4.31 Å². The Labute approximate surface area is 136 Å². The molecule has 0 N–H and O–H groups in total. The zero-order valence-corrected chi connectivity index (χ0v) is 13.9. The number of hydrogen-bond donors (Lipinski definition) is 0. The second kappa shape index (κ2) is 7.39. The number of carbonyl (C=O) groups excluding carboxylic acids is 1. The van der Waals surface area contributed by atoms with Crippen molar-refractivity contribution in [3.05, 3.63) is 65.7 Å². The molecule has 0 bridgehead atoms. The minimum absolute atomic E-state index is 0.123. The van der Waals surface area contributed by atoms with Crippen molar-refractivity contribution in [2.45, 2.75) is 18.4 Å². The van der Waals surface area contributed by atoms with Gasteiger partial charge in [-0.05, 0) is 24.6 Å². The van der Waals surface area contributed by atoms with Crippen LogP contribution in [0.3, 0.4) is 0 Å². The van der Waals surface area contributed by atoms with E-state index in [1.54, 1.807) is 12.1 Å². The van der Waals surface area contributed by atoms with Crippen molar-refractivity contribution in [3.63, 3.8) is 0 Å². The summed E-state index contributed by atoms with van der Waals surface area (Å²) in [5, 5.41) is 0. The molecular weight excluding hydrogens is 314 g/mol. The van der Waals surface area contributed by atoms with E-state index in [9.17, 15) is 13.2 Å². The van der Waals surface area contributed by atoms with Crippen LogP contribution in [0.5, 0.6) is 0 Å². The summed E-state index contributed by atoms with van der Waals surface area (Å²) < 4.78 is 30.8. The van der Waals surface area contributed by atoms with Gasteiger partial charge in [0.25, 0.3) is 0 Å². The molecule has 0 aromatic heterocycles. The van der Waals surface area contributed by atoms with Gasteiger partial charge in [-0.3, -0.25) is 4.79 Å². The number of sulfonamides is 1. The molecule has 0 heterocycles. The van der Waals surface area contributed by atoms with Gasteiger partial charge in [-0.15, -0.1) is 0 Å². The van der Waals surface area contributed by atoms with Gasteiger partial charge in [0.1, 0.15) is 13.2 Å². The Hall–Kier alpha value is -2.18. The van der Waals surface area contributed by atoms with Crippen LogP contribution >= 0.6 is 0 Å². The first kappa shape index (κ1) is 17.2. The fourth-order valence-corrected chi connectivity index (χ4v) is 3.06. The van der Waals surface area contributed by atoms with Gasteiger partial charge in [0, 0.05) is 7.05 Å². The van der Waals surface area contributed by atoms with Crippen LogP contribution in [0.4, 0.5) is 0 Å². The lowest BCUT2D eigenvalue weighted by molar-refractivity contribution is -0.144. The highest BCUT2D eigenvalue weighted by Gasteiger charge is 2.23. The van der Waals surface area contributed by atoms with Crippen LogP contribution in [0.2, 0.25) is 0 Å². The average Bonchev–Trinajstić information content (AvgIpc) is 2.54. The predicted octanol–water partition coefficient (Wildman–Crippen LogP) is 2.36. The van der Waals surface area contributed by atoms with Crippen LogP contribution in [-0.2, 0) is 26.2 Å². The molecule has 0 unspecified atom stereocenters. The SMILES string of the molecule is Cc1ccc(S(=O)(=O)N(C)CC(=O)OCc2ccccc2)cc1. The standard InChI is InChI=1S/C17H19NO4S/c1-14-8-10-16(11-9-14)23(20,21)18(2)12-17(19)22-13-15-6-4-3-5-7-15/h3-11H,12-13H2,1-2H3. The molecule has 0 amide bonds. The van der Waals surface area contributed by atoms with Gasteiger partial charge in [-0.1, -0.05) is 48.0 Å². The smallest absolute Gasteiger partial charge is 0.321 e. The van der Waals surface area contributed by atoms with E-state index in [1.807, 2.05) is 37.3 Å². The Morgan fingerprint density at radius 1 is 1.04 bits per heavy atom. The maximum Gasteiger partial charge on any atom is 0.321 e. The summed E-state index contributed by atoms with van der Waals surface area (Å²) in [6.07, 6.45) is 0. The lowest BCUT2D eigenvalue weighted by atomic mass is 10.2. The Kier molecular flexibility index (Phi) is 5.52. The quantitative estimate of drug-likeness (QED) is 0.761. The lowest BCUT2D eigenvalue weighted by Crippen LogP contribution is -2.33. The first-order chi connectivity index (χ1) is 10.9. The molecule has 2 aromatic rings. The van der Waals surface area contributed by atoms with Crippen LogP contribution in [-0.4, -0.2) is 32.3 Å². The third-order valence-electron chi connectivity index (χ3n) is 3.32. The van der Waals surface area contributed by atoms with Crippen molar-refractivity contribution in [2.75, 3.05) is 13.6 Å². The molecule has 6 heteroatoms. The predicted molar refractivity (Wildman–Crippen MR) is 87.2 cm³/mol. The van der Waals surface area contributed by atoms with Crippen molar-refractivity contribution >= 4 is 16.0 Å². The molecule has 2 aromatic carbocycles. The molecule has 0 aliphatic heterocycles. The second-order valence-electron chi connectivity index (χ2n) is 5.22. The monoisotopic (exact) mass is 333 g/mol. The van der Waals surface area contributed by atoms with Crippen molar-refractivity contribution < 1.29 is 17.9 Å². The highest BCUT2D eigenvalue weighted by Crippen LogP contribution is 2.15. The third-order valence-corrected chi connectivity index (χ3v) is 5.14. The lowest BCUT2D eigenvalue weighted by Gasteiger charge is -2.16. The first-order valence-electron chi connectivity index (χ1n) is 7.12.